The Morgan fingerprint density at radius 3 is 2.72 bits per heavy atom. The van der Waals surface area contributed by atoms with Gasteiger partial charge in [-0.1, -0.05) is 11.6 Å². The van der Waals surface area contributed by atoms with Crippen molar-refractivity contribution >= 4 is 29.2 Å². The Labute approximate surface area is 113 Å². The van der Waals surface area contributed by atoms with Crippen molar-refractivity contribution in [2.75, 3.05) is 6.61 Å². The maximum Gasteiger partial charge on any atom is 0.310 e. The van der Waals surface area contributed by atoms with Gasteiger partial charge in [-0.25, -0.2) is 8.78 Å². The van der Waals surface area contributed by atoms with Gasteiger partial charge in [0.05, 0.1) is 18.1 Å². The highest BCUT2D eigenvalue weighted by atomic mass is 35.5. The van der Waals surface area contributed by atoms with E-state index in [2.05, 4.69) is 4.98 Å². The quantitative estimate of drug-likeness (QED) is 0.617. The Hall–Kier alpha value is -0.940. The minimum Gasteiger partial charge on any atom is -0.466 e. The number of nitrogens with zero attached hydrogens (tertiary/aromatic N) is 1. The summed E-state index contributed by atoms with van der Waals surface area (Å²) in [4.78, 5) is 14.9. The minimum absolute atomic E-state index is 0.0327. The van der Waals surface area contributed by atoms with Crippen molar-refractivity contribution in [1.82, 2.24) is 4.98 Å². The van der Waals surface area contributed by atoms with Crippen LogP contribution in [-0.4, -0.2) is 17.6 Å². The number of hydrogen-bond donors (Lipinski definition) is 0. The highest BCUT2D eigenvalue weighted by Gasteiger charge is 2.21. The zero-order valence-electron chi connectivity index (χ0n) is 9.55. The number of carbonyl (C=O) groups excluding carboxylic acids is 1. The molecule has 3 nitrogen and oxygen atoms in total. The van der Waals surface area contributed by atoms with Gasteiger partial charge in [0.25, 0.3) is 6.43 Å². The molecule has 18 heavy (non-hydrogen) atoms. The molecule has 0 atom stereocenters. The van der Waals surface area contributed by atoms with Crippen molar-refractivity contribution < 1.29 is 18.3 Å². The maximum absolute atomic E-state index is 12.6. The molecule has 0 amide bonds. The summed E-state index contributed by atoms with van der Waals surface area (Å²) in [5, 5.41) is -0.226. The topological polar surface area (TPSA) is 39.2 Å². The van der Waals surface area contributed by atoms with Crippen molar-refractivity contribution in [2.45, 2.75) is 25.7 Å². The van der Waals surface area contributed by atoms with Gasteiger partial charge in [-0.05, 0) is 18.1 Å². The Morgan fingerprint density at radius 2 is 2.22 bits per heavy atom. The van der Waals surface area contributed by atoms with Gasteiger partial charge >= 0.3 is 5.97 Å². The molecule has 1 aromatic heterocycles. The summed E-state index contributed by atoms with van der Waals surface area (Å²) in [6.45, 7) is 1.86. The van der Waals surface area contributed by atoms with Crippen LogP contribution in [0.2, 0.25) is 5.02 Å². The molecule has 0 aliphatic heterocycles. The maximum atomic E-state index is 12.6. The molecule has 1 heterocycles. The van der Waals surface area contributed by atoms with Gasteiger partial charge in [-0.2, -0.15) is 0 Å². The first-order valence-electron chi connectivity index (χ1n) is 5.17. The minimum atomic E-state index is -2.80. The second-order valence-corrected chi connectivity index (χ2v) is 4.02. The highest BCUT2D eigenvalue weighted by molar-refractivity contribution is 6.32. The van der Waals surface area contributed by atoms with E-state index >= 15 is 0 Å². The van der Waals surface area contributed by atoms with Gasteiger partial charge in [-0.3, -0.25) is 9.78 Å². The molecule has 1 rings (SSSR count). The van der Waals surface area contributed by atoms with E-state index in [1.54, 1.807) is 6.92 Å². The zero-order valence-corrected chi connectivity index (χ0v) is 11.1. The Balaban J connectivity index is 3.13. The van der Waals surface area contributed by atoms with Gasteiger partial charge in [0.15, 0.2) is 0 Å². The van der Waals surface area contributed by atoms with Gasteiger partial charge < -0.3 is 4.74 Å². The number of rotatable bonds is 5. The van der Waals surface area contributed by atoms with Crippen LogP contribution < -0.4 is 0 Å². The predicted molar refractivity (Wildman–Crippen MR) is 64.1 cm³/mol. The molecule has 0 saturated carbocycles. The SMILES string of the molecule is CCOC(=O)Cc1c(CCl)cnc(C(F)F)c1Cl. The van der Waals surface area contributed by atoms with Crippen molar-refractivity contribution in [2.24, 2.45) is 0 Å². The lowest BCUT2D eigenvalue weighted by Crippen LogP contribution is -2.11. The second kappa shape index (κ2) is 6.85. The zero-order chi connectivity index (χ0) is 13.7. The van der Waals surface area contributed by atoms with E-state index in [9.17, 15) is 13.6 Å². The monoisotopic (exact) mass is 297 g/mol. The summed E-state index contributed by atoms with van der Waals surface area (Å²) >= 11 is 11.5. The fraction of sp³-hybridized carbons (Fsp3) is 0.455. The molecule has 0 aromatic carbocycles. The third-order valence-electron chi connectivity index (χ3n) is 2.21. The van der Waals surface area contributed by atoms with E-state index in [0.717, 1.165) is 0 Å². The first kappa shape index (κ1) is 15.1. The van der Waals surface area contributed by atoms with Crippen molar-refractivity contribution in [1.29, 1.82) is 0 Å². The number of pyridine rings is 1. The summed E-state index contributed by atoms with van der Waals surface area (Å²) in [5.74, 6) is -0.512. The standard InChI is InChI=1S/C11H11Cl2F2NO2/c1-2-18-8(17)3-7-6(4-12)5-16-10(9(7)13)11(14)15/h5,11H,2-4H2,1H3. The van der Waals surface area contributed by atoms with Crippen LogP contribution in [0.1, 0.15) is 30.2 Å². The molecule has 0 bridgehead atoms. The van der Waals surface area contributed by atoms with Crippen LogP contribution in [0.3, 0.4) is 0 Å². The molecule has 0 radical (unpaired) electrons. The predicted octanol–water partition coefficient (Wildman–Crippen LogP) is 3.52. The van der Waals surface area contributed by atoms with E-state index in [1.165, 1.54) is 6.20 Å². The first-order valence-corrected chi connectivity index (χ1v) is 6.08. The second-order valence-electron chi connectivity index (χ2n) is 3.38. The first-order chi connectivity index (χ1) is 8.51. The van der Waals surface area contributed by atoms with E-state index in [-0.39, 0.29) is 29.5 Å². The molecule has 0 aliphatic rings. The van der Waals surface area contributed by atoms with Crippen molar-refractivity contribution in [3.05, 3.63) is 28.0 Å². The summed E-state index contributed by atoms with van der Waals surface area (Å²) in [5.41, 5.74) is 0.138. The lowest BCUT2D eigenvalue weighted by molar-refractivity contribution is -0.142. The molecule has 0 aliphatic carbocycles. The third kappa shape index (κ3) is 3.53. The number of ether oxygens (including phenoxy) is 1. The molecule has 0 N–H and O–H groups in total. The lowest BCUT2D eigenvalue weighted by Gasteiger charge is -2.12. The summed E-state index contributed by atoms with van der Waals surface area (Å²) < 4.78 is 30.0. The van der Waals surface area contributed by atoms with Crippen molar-refractivity contribution in [3.8, 4) is 0 Å². The number of esters is 1. The molecule has 0 saturated heterocycles. The Kier molecular flexibility index (Phi) is 5.75. The average Bonchev–Trinajstić information content (AvgIpc) is 2.31. The number of halogens is 4. The van der Waals surface area contributed by atoms with Crippen LogP contribution in [0, 0.1) is 0 Å². The molecule has 0 fully saturated rings. The smallest absolute Gasteiger partial charge is 0.310 e. The van der Waals surface area contributed by atoms with Gasteiger partial charge in [-0.15, -0.1) is 11.6 Å². The fourth-order valence-electron chi connectivity index (χ4n) is 1.39. The molecule has 100 valence electrons. The molecule has 0 spiro atoms. The van der Waals surface area contributed by atoms with Crippen LogP contribution in [0.4, 0.5) is 8.78 Å². The molecular formula is C11H11Cl2F2NO2. The summed E-state index contributed by atoms with van der Waals surface area (Å²) in [7, 11) is 0. The van der Waals surface area contributed by atoms with Gasteiger partial charge in [0.2, 0.25) is 0 Å². The lowest BCUT2D eigenvalue weighted by atomic mass is 10.1. The Bertz CT molecular complexity index is 441. The fourth-order valence-corrected chi connectivity index (χ4v) is 1.94. The van der Waals surface area contributed by atoms with Crippen LogP contribution >= 0.6 is 23.2 Å². The Morgan fingerprint density at radius 1 is 1.56 bits per heavy atom. The van der Waals surface area contributed by atoms with E-state index in [0.29, 0.717) is 5.56 Å². The average molecular weight is 298 g/mol. The van der Waals surface area contributed by atoms with E-state index in [4.69, 9.17) is 27.9 Å². The van der Waals surface area contributed by atoms with Gasteiger partial charge in [0, 0.05) is 12.1 Å². The largest absolute Gasteiger partial charge is 0.466 e. The summed E-state index contributed by atoms with van der Waals surface area (Å²) in [6, 6.07) is 0. The number of carbonyl (C=O) groups is 1. The molecular weight excluding hydrogens is 287 g/mol. The van der Waals surface area contributed by atoms with E-state index in [1.807, 2.05) is 0 Å². The van der Waals surface area contributed by atoms with Crippen LogP contribution in [-0.2, 0) is 21.8 Å². The number of aromatic nitrogens is 1. The van der Waals surface area contributed by atoms with Gasteiger partial charge in [0.1, 0.15) is 5.69 Å². The highest BCUT2D eigenvalue weighted by Crippen LogP contribution is 2.30. The molecule has 1 aromatic rings. The molecule has 0 unspecified atom stereocenters. The normalized spacial score (nSPS) is 10.8. The van der Waals surface area contributed by atoms with Crippen LogP contribution in [0.25, 0.3) is 0 Å². The van der Waals surface area contributed by atoms with E-state index < -0.39 is 18.1 Å². The van der Waals surface area contributed by atoms with Crippen LogP contribution in [0.5, 0.6) is 0 Å². The third-order valence-corrected chi connectivity index (χ3v) is 2.92. The van der Waals surface area contributed by atoms with Crippen molar-refractivity contribution in [3.63, 3.8) is 0 Å². The summed E-state index contributed by atoms with van der Waals surface area (Å²) in [6.07, 6.45) is -1.80. The molecule has 7 heteroatoms. The van der Waals surface area contributed by atoms with Crippen LogP contribution in [0.15, 0.2) is 6.20 Å². The number of alkyl halides is 3. The number of hydrogen-bond acceptors (Lipinski definition) is 3.